The molecule has 0 atom stereocenters. The maximum Gasteiger partial charge on any atom is 0.380 e. The zero-order valence-corrected chi connectivity index (χ0v) is 11.8. The first kappa shape index (κ1) is 13.5. The number of aryl methyl sites for hydroxylation is 1. The zero-order valence-electron chi connectivity index (χ0n) is 11.0. The molecule has 1 aromatic carbocycles. The van der Waals surface area contributed by atoms with Crippen LogP contribution in [0, 0.1) is 6.92 Å². The highest BCUT2D eigenvalue weighted by Crippen LogP contribution is 2.37. The van der Waals surface area contributed by atoms with Crippen molar-refractivity contribution < 1.29 is 19.1 Å². The Morgan fingerprint density at radius 3 is 2.68 bits per heavy atom. The Bertz CT molecular complexity index is 642. The van der Waals surface area contributed by atoms with E-state index in [2.05, 4.69) is 0 Å². The summed E-state index contributed by atoms with van der Waals surface area (Å²) in [6, 6.07) is 5.60. The topological polar surface area (TPSA) is 52.6 Å². The number of Topliss-reactive ketones (excluding diaryl/α,β-unsaturated/α-hetero) is 1. The number of benzene rings is 1. The summed E-state index contributed by atoms with van der Waals surface area (Å²) in [6.45, 7) is 3.69. The summed E-state index contributed by atoms with van der Waals surface area (Å²) < 4.78 is 10.9. The minimum atomic E-state index is -0.809. The SMILES string of the molecule is CCOC(=O)C(=O)c1sc2c(OC)cccc2c1C. The average molecular weight is 278 g/mol. The second-order valence-electron chi connectivity index (χ2n) is 3.94. The lowest BCUT2D eigenvalue weighted by atomic mass is 10.1. The van der Waals surface area contributed by atoms with Crippen molar-refractivity contribution in [1.29, 1.82) is 0 Å². The minimum absolute atomic E-state index is 0.192. The Morgan fingerprint density at radius 2 is 2.05 bits per heavy atom. The molecule has 0 saturated carbocycles. The molecule has 0 amide bonds. The molecule has 4 nitrogen and oxygen atoms in total. The summed E-state index contributed by atoms with van der Waals surface area (Å²) in [6.07, 6.45) is 0. The van der Waals surface area contributed by atoms with Gasteiger partial charge in [0.1, 0.15) is 5.75 Å². The van der Waals surface area contributed by atoms with Crippen LogP contribution in [0.4, 0.5) is 0 Å². The Labute approximate surface area is 114 Å². The third kappa shape index (κ3) is 2.33. The predicted octanol–water partition coefficient (Wildman–Crippen LogP) is 2.96. The van der Waals surface area contributed by atoms with Crippen molar-refractivity contribution in [3.8, 4) is 5.75 Å². The van der Waals surface area contributed by atoms with Gasteiger partial charge in [-0.2, -0.15) is 0 Å². The van der Waals surface area contributed by atoms with E-state index in [-0.39, 0.29) is 6.61 Å². The highest BCUT2D eigenvalue weighted by Gasteiger charge is 2.24. The smallest absolute Gasteiger partial charge is 0.380 e. The first-order valence-corrected chi connectivity index (χ1v) is 6.69. The van der Waals surface area contributed by atoms with Crippen LogP contribution in [0.2, 0.25) is 0 Å². The molecule has 19 heavy (non-hydrogen) atoms. The van der Waals surface area contributed by atoms with Gasteiger partial charge < -0.3 is 9.47 Å². The summed E-state index contributed by atoms with van der Waals surface area (Å²) in [4.78, 5) is 24.0. The van der Waals surface area contributed by atoms with Crippen molar-refractivity contribution in [1.82, 2.24) is 0 Å². The molecule has 0 saturated heterocycles. The quantitative estimate of drug-likeness (QED) is 0.490. The van der Waals surface area contributed by atoms with E-state index < -0.39 is 11.8 Å². The number of rotatable bonds is 4. The highest BCUT2D eigenvalue weighted by atomic mass is 32.1. The third-order valence-electron chi connectivity index (χ3n) is 2.81. The minimum Gasteiger partial charge on any atom is -0.495 e. The Hall–Kier alpha value is -1.88. The number of esters is 1. The molecule has 1 heterocycles. The number of hydrogen-bond acceptors (Lipinski definition) is 5. The summed E-state index contributed by atoms with van der Waals surface area (Å²) >= 11 is 1.26. The molecule has 0 bridgehead atoms. The maximum atomic E-state index is 12.0. The molecule has 0 aliphatic carbocycles. The highest BCUT2D eigenvalue weighted by molar-refractivity contribution is 7.22. The fraction of sp³-hybridized carbons (Fsp3) is 0.286. The molecule has 0 spiro atoms. The monoisotopic (exact) mass is 278 g/mol. The average Bonchev–Trinajstić information content (AvgIpc) is 2.75. The molecular weight excluding hydrogens is 264 g/mol. The van der Waals surface area contributed by atoms with E-state index in [0.717, 1.165) is 15.6 Å². The van der Waals surface area contributed by atoms with E-state index in [1.807, 2.05) is 25.1 Å². The van der Waals surface area contributed by atoms with E-state index in [4.69, 9.17) is 9.47 Å². The van der Waals surface area contributed by atoms with E-state index >= 15 is 0 Å². The number of hydrogen-bond donors (Lipinski definition) is 0. The van der Waals surface area contributed by atoms with Gasteiger partial charge in [-0.3, -0.25) is 4.79 Å². The Balaban J connectivity index is 2.54. The largest absolute Gasteiger partial charge is 0.495 e. The first-order valence-electron chi connectivity index (χ1n) is 5.87. The number of carbonyl (C=O) groups is 2. The lowest BCUT2D eigenvalue weighted by Gasteiger charge is -1.99. The van der Waals surface area contributed by atoms with Gasteiger partial charge in [0.25, 0.3) is 5.78 Å². The van der Waals surface area contributed by atoms with E-state index in [1.165, 1.54) is 11.3 Å². The number of thiophene rings is 1. The van der Waals surface area contributed by atoms with Crippen molar-refractivity contribution >= 4 is 33.2 Å². The summed E-state index contributed by atoms with van der Waals surface area (Å²) in [7, 11) is 1.58. The molecule has 2 aromatic rings. The van der Waals surface area contributed by atoms with Crippen LogP contribution < -0.4 is 4.74 Å². The number of ether oxygens (including phenoxy) is 2. The Morgan fingerprint density at radius 1 is 1.32 bits per heavy atom. The normalized spacial score (nSPS) is 10.5. The van der Waals surface area contributed by atoms with Crippen LogP contribution in [0.5, 0.6) is 5.75 Å². The fourth-order valence-electron chi connectivity index (χ4n) is 1.88. The van der Waals surface area contributed by atoms with Crippen LogP contribution in [-0.2, 0) is 9.53 Å². The molecular formula is C14H14O4S. The van der Waals surface area contributed by atoms with Crippen molar-refractivity contribution in [3.63, 3.8) is 0 Å². The van der Waals surface area contributed by atoms with Crippen molar-refractivity contribution in [3.05, 3.63) is 28.6 Å². The zero-order chi connectivity index (χ0) is 14.0. The van der Waals surface area contributed by atoms with Gasteiger partial charge in [0.15, 0.2) is 0 Å². The van der Waals surface area contributed by atoms with Gasteiger partial charge in [0.2, 0.25) is 0 Å². The number of methoxy groups -OCH3 is 1. The number of ketones is 1. The molecule has 0 N–H and O–H groups in total. The lowest BCUT2D eigenvalue weighted by Crippen LogP contribution is -2.17. The van der Waals surface area contributed by atoms with Gasteiger partial charge in [-0.1, -0.05) is 12.1 Å². The van der Waals surface area contributed by atoms with Crippen LogP contribution in [-0.4, -0.2) is 25.5 Å². The van der Waals surface area contributed by atoms with Gasteiger partial charge in [0.05, 0.1) is 23.3 Å². The van der Waals surface area contributed by atoms with Crippen molar-refractivity contribution in [2.75, 3.05) is 13.7 Å². The summed E-state index contributed by atoms with van der Waals surface area (Å²) in [5.74, 6) is -0.702. The molecule has 0 aliphatic rings. The van der Waals surface area contributed by atoms with Gasteiger partial charge in [-0.25, -0.2) is 4.79 Å². The predicted molar refractivity (Wildman–Crippen MR) is 74.1 cm³/mol. The van der Waals surface area contributed by atoms with Gasteiger partial charge in [-0.05, 0) is 30.9 Å². The number of fused-ring (bicyclic) bond motifs is 1. The van der Waals surface area contributed by atoms with Crippen LogP contribution in [0.15, 0.2) is 18.2 Å². The fourth-order valence-corrected chi connectivity index (χ4v) is 3.11. The van der Waals surface area contributed by atoms with Gasteiger partial charge in [-0.15, -0.1) is 11.3 Å². The molecule has 100 valence electrons. The Kier molecular flexibility index (Phi) is 3.85. The molecule has 0 fully saturated rings. The maximum absolute atomic E-state index is 12.0. The van der Waals surface area contributed by atoms with Crippen molar-refractivity contribution in [2.45, 2.75) is 13.8 Å². The van der Waals surface area contributed by atoms with Crippen LogP contribution in [0.1, 0.15) is 22.2 Å². The molecule has 0 aliphatic heterocycles. The third-order valence-corrected chi connectivity index (χ3v) is 4.14. The van der Waals surface area contributed by atoms with E-state index in [9.17, 15) is 9.59 Å². The molecule has 0 unspecified atom stereocenters. The molecule has 1 aromatic heterocycles. The van der Waals surface area contributed by atoms with Gasteiger partial charge >= 0.3 is 5.97 Å². The van der Waals surface area contributed by atoms with Gasteiger partial charge in [0, 0.05) is 0 Å². The second-order valence-corrected chi connectivity index (χ2v) is 4.96. The molecule has 2 rings (SSSR count). The van der Waals surface area contributed by atoms with E-state index in [1.54, 1.807) is 14.0 Å². The summed E-state index contributed by atoms with van der Waals surface area (Å²) in [5.41, 5.74) is 0.789. The van der Waals surface area contributed by atoms with Crippen LogP contribution in [0.25, 0.3) is 10.1 Å². The number of carbonyl (C=O) groups excluding carboxylic acids is 2. The molecule has 5 heteroatoms. The van der Waals surface area contributed by atoms with E-state index in [0.29, 0.717) is 10.6 Å². The first-order chi connectivity index (χ1) is 9.10. The second kappa shape index (κ2) is 5.40. The standard InChI is InChI=1S/C14H14O4S/c1-4-18-14(16)11(15)12-8(2)9-6-5-7-10(17-3)13(9)19-12/h5-7H,4H2,1-3H3. The van der Waals surface area contributed by atoms with Crippen molar-refractivity contribution in [2.24, 2.45) is 0 Å². The lowest BCUT2D eigenvalue weighted by molar-refractivity contribution is -0.137. The van der Waals surface area contributed by atoms with Crippen LogP contribution >= 0.6 is 11.3 Å². The molecule has 0 radical (unpaired) electrons. The summed E-state index contributed by atoms with van der Waals surface area (Å²) in [5, 5.41) is 0.928. The van der Waals surface area contributed by atoms with Crippen LogP contribution in [0.3, 0.4) is 0 Å².